The average Bonchev–Trinajstić information content (AvgIpc) is 2.82. The minimum absolute atomic E-state index is 1.20. The third-order valence-corrected chi connectivity index (χ3v) is 2.66. The monoisotopic (exact) mass is 197 g/mol. The molecule has 0 amide bonds. The third-order valence-electron chi connectivity index (χ3n) is 2.66. The summed E-state index contributed by atoms with van der Waals surface area (Å²) in [4.78, 5) is 0. The van der Waals surface area contributed by atoms with Crippen LogP contribution in [0.3, 0.4) is 0 Å². The highest BCUT2D eigenvalue weighted by atomic mass is 14.9. The van der Waals surface area contributed by atoms with Crippen LogP contribution in [0, 0.1) is 0 Å². The molecule has 0 saturated heterocycles. The lowest BCUT2D eigenvalue weighted by molar-refractivity contribution is 1.08. The summed E-state index contributed by atoms with van der Waals surface area (Å²) in [6, 6.07) is 12.7. The first-order valence-electron chi connectivity index (χ1n) is 5.18. The molecule has 0 radical (unpaired) electrons. The zero-order valence-electron chi connectivity index (χ0n) is 9.14. The molecule has 1 nitrogen and oxygen atoms in total. The summed E-state index contributed by atoms with van der Waals surface area (Å²) in [7, 11) is 0. The Kier molecular flexibility index (Phi) is 2.72. The second-order valence-corrected chi connectivity index (χ2v) is 3.61. The Labute approximate surface area is 90.7 Å². The van der Waals surface area contributed by atoms with Crippen LogP contribution in [0.5, 0.6) is 0 Å². The van der Waals surface area contributed by atoms with Gasteiger partial charge in [0, 0.05) is 18.1 Å². The molecule has 0 bridgehead atoms. The second-order valence-electron chi connectivity index (χ2n) is 3.61. The first-order chi connectivity index (χ1) is 7.31. The highest BCUT2D eigenvalue weighted by Gasteiger charge is 1.96. The van der Waals surface area contributed by atoms with E-state index in [1.54, 1.807) is 0 Å². The van der Waals surface area contributed by atoms with Gasteiger partial charge >= 0.3 is 0 Å². The Bertz CT molecular complexity index is 447. The van der Waals surface area contributed by atoms with Crippen LogP contribution in [0.1, 0.15) is 19.4 Å². The van der Waals surface area contributed by atoms with Gasteiger partial charge in [0.2, 0.25) is 0 Å². The Balaban J connectivity index is 2.33. The van der Waals surface area contributed by atoms with Gasteiger partial charge in [0.05, 0.1) is 0 Å². The molecule has 0 atom stereocenters. The van der Waals surface area contributed by atoms with Crippen LogP contribution in [0.15, 0.2) is 54.9 Å². The molecule has 0 unspecified atom stereocenters. The van der Waals surface area contributed by atoms with Gasteiger partial charge in [-0.1, -0.05) is 18.2 Å². The molecule has 1 aromatic heterocycles. The molecule has 1 aromatic carbocycles. The Morgan fingerprint density at radius 1 is 1.07 bits per heavy atom. The van der Waals surface area contributed by atoms with Gasteiger partial charge in [-0.2, -0.15) is 0 Å². The van der Waals surface area contributed by atoms with Gasteiger partial charge in [-0.25, -0.2) is 0 Å². The fourth-order valence-electron chi connectivity index (χ4n) is 1.57. The fourth-order valence-corrected chi connectivity index (χ4v) is 1.57. The maximum atomic E-state index is 2.16. The molecule has 2 rings (SSSR count). The van der Waals surface area contributed by atoms with Crippen molar-refractivity contribution in [2.24, 2.45) is 0 Å². The van der Waals surface area contributed by atoms with E-state index in [9.17, 15) is 0 Å². The molecular weight excluding hydrogens is 182 g/mol. The van der Waals surface area contributed by atoms with E-state index < -0.39 is 0 Å². The molecule has 0 fully saturated rings. The van der Waals surface area contributed by atoms with Crippen molar-refractivity contribution in [3.8, 4) is 5.69 Å². The average molecular weight is 197 g/mol. The zero-order chi connectivity index (χ0) is 10.7. The van der Waals surface area contributed by atoms with Crippen molar-refractivity contribution < 1.29 is 0 Å². The topological polar surface area (TPSA) is 4.93 Å². The van der Waals surface area contributed by atoms with Crippen molar-refractivity contribution in [2.75, 3.05) is 0 Å². The van der Waals surface area contributed by atoms with Crippen LogP contribution in [0.2, 0.25) is 0 Å². The van der Waals surface area contributed by atoms with E-state index in [0.29, 0.717) is 0 Å². The molecule has 0 aliphatic rings. The van der Waals surface area contributed by atoms with E-state index in [-0.39, 0.29) is 0 Å². The lowest BCUT2D eigenvalue weighted by atomic mass is 10.1. The van der Waals surface area contributed by atoms with E-state index in [4.69, 9.17) is 0 Å². The van der Waals surface area contributed by atoms with Crippen molar-refractivity contribution in [2.45, 2.75) is 13.8 Å². The van der Waals surface area contributed by atoms with Crippen molar-refractivity contribution in [1.29, 1.82) is 0 Å². The third kappa shape index (κ3) is 2.01. The zero-order valence-corrected chi connectivity index (χ0v) is 9.14. The van der Waals surface area contributed by atoms with E-state index in [2.05, 4.69) is 61.1 Å². The maximum Gasteiger partial charge on any atom is 0.0449 e. The van der Waals surface area contributed by atoms with Crippen molar-refractivity contribution in [3.63, 3.8) is 0 Å². The highest BCUT2D eigenvalue weighted by Crippen LogP contribution is 2.16. The van der Waals surface area contributed by atoms with Gasteiger partial charge < -0.3 is 4.57 Å². The molecule has 2 aromatic rings. The summed E-state index contributed by atoms with van der Waals surface area (Å²) in [6.45, 7) is 4.19. The molecule has 1 heterocycles. The predicted octanol–water partition coefficient (Wildman–Crippen LogP) is 3.90. The molecule has 0 N–H and O–H groups in total. The first kappa shape index (κ1) is 9.78. The molecule has 1 heteroatoms. The standard InChI is InChI=1S/C14H15N/c1-3-12(2)13-6-8-14(9-7-13)15-10-4-5-11-15/h3-11H,1-2H3/b12-3+. The van der Waals surface area contributed by atoms with Gasteiger partial charge in [-0.05, 0) is 49.2 Å². The van der Waals surface area contributed by atoms with Crippen LogP contribution in [0.25, 0.3) is 11.3 Å². The lowest BCUT2D eigenvalue weighted by Crippen LogP contribution is -1.89. The smallest absolute Gasteiger partial charge is 0.0449 e. The minimum Gasteiger partial charge on any atom is -0.324 e. The van der Waals surface area contributed by atoms with E-state index in [0.717, 1.165) is 0 Å². The van der Waals surface area contributed by atoms with E-state index in [1.807, 2.05) is 12.1 Å². The van der Waals surface area contributed by atoms with E-state index in [1.165, 1.54) is 16.8 Å². The quantitative estimate of drug-likeness (QED) is 0.688. The van der Waals surface area contributed by atoms with Gasteiger partial charge in [-0.3, -0.25) is 0 Å². The van der Waals surface area contributed by atoms with Gasteiger partial charge in [0.25, 0.3) is 0 Å². The maximum absolute atomic E-state index is 2.16. The SMILES string of the molecule is C/C=C(\C)c1ccc(-n2cccc2)cc1. The van der Waals surface area contributed by atoms with Crippen molar-refractivity contribution in [1.82, 2.24) is 4.57 Å². The fraction of sp³-hybridized carbons (Fsp3) is 0.143. The number of hydrogen-bond acceptors (Lipinski definition) is 0. The van der Waals surface area contributed by atoms with Crippen LogP contribution in [-0.2, 0) is 0 Å². The van der Waals surface area contributed by atoms with Gasteiger partial charge in [0.15, 0.2) is 0 Å². The molecular formula is C14H15N. The molecule has 0 spiro atoms. The number of rotatable bonds is 2. The summed E-state index contributed by atoms with van der Waals surface area (Å²) in [6.07, 6.45) is 6.24. The van der Waals surface area contributed by atoms with Crippen molar-refractivity contribution >= 4 is 5.57 Å². The second kappa shape index (κ2) is 4.18. The summed E-state index contributed by atoms with van der Waals surface area (Å²) in [5.74, 6) is 0. The van der Waals surface area contributed by atoms with Gasteiger partial charge in [-0.15, -0.1) is 0 Å². The number of nitrogens with zero attached hydrogens (tertiary/aromatic N) is 1. The summed E-state index contributed by atoms with van der Waals surface area (Å²) < 4.78 is 2.11. The van der Waals surface area contributed by atoms with Crippen LogP contribution >= 0.6 is 0 Å². The number of benzene rings is 1. The Morgan fingerprint density at radius 3 is 2.20 bits per heavy atom. The highest BCUT2D eigenvalue weighted by molar-refractivity contribution is 5.64. The number of aromatic nitrogens is 1. The minimum atomic E-state index is 1.20. The molecule has 0 aliphatic carbocycles. The summed E-state index contributed by atoms with van der Waals surface area (Å²) in [5, 5.41) is 0. The summed E-state index contributed by atoms with van der Waals surface area (Å²) >= 11 is 0. The summed E-state index contributed by atoms with van der Waals surface area (Å²) in [5.41, 5.74) is 3.80. The number of allylic oxidation sites excluding steroid dienone is 2. The largest absolute Gasteiger partial charge is 0.324 e. The Hall–Kier alpha value is -1.76. The van der Waals surface area contributed by atoms with Crippen molar-refractivity contribution in [3.05, 3.63) is 60.4 Å². The van der Waals surface area contributed by atoms with E-state index >= 15 is 0 Å². The lowest BCUT2D eigenvalue weighted by Gasteiger charge is -2.05. The Morgan fingerprint density at radius 2 is 1.67 bits per heavy atom. The molecule has 15 heavy (non-hydrogen) atoms. The first-order valence-corrected chi connectivity index (χ1v) is 5.18. The van der Waals surface area contributed by atoms with Crippen LogP contribution in [0.4, 0.5) is 0 Å². The van der Waals surface area contributed by atoms with Crippen LogP contribution < -0.4 is 0 Å². The van der Waals surface area contributed by atoms with Gasteiger partial charge in [0.1, 0.15) is 0 Å². The molecule has 0 aliphatic heterocycles. The molecule has 0 saturated carbocycles. The number of hydrogen-bond donors (Lipinski definition) is 0. The normalized spacial score (nSPS) is 11.7. The molecule has 76 valence electrons. The predicted molar refractivity (Wildman–Crippen MR) is 65.1 cm³/mol. The van der Waals surface area contributed by atoms with Crippen LogP contribution in [-0.4, -0.2) is 4.57 Å².